The summed E-state index contributed by atoms with van der Waals surface area (Å²) in [6, 6.07) is 5.74. The van der Waals surface area contributed by atoms with Crippen molar-refractivity contribution >= 4 is 11.8 Å². The van der Waals surface area contributed by atoms with Gasteiger partial charge in [-0.2, -0.15) is 11.8 Å². The maximum atomic E-state index is 13.7. The number of methoxy groups -OCH3 is 1. The van der Waals surface area contributed by atoms with E-state index in [0.29, 0.717) is 17.7 Å². The molecule has 19 heavy (non-hydrogen) atoms. The number of thioether (sulfide) groups is 1. The van der Waals surface area contributed by atoms with Crippen LogP contribution in [-0.4, -0.2) is 31.2 Å². The molecule has 2 unspecified atom stereocenters. The van der Waals surface area contributed by atoms with Gasteiger partial charge in [-0.15, -0.1) is 0 Å². The summed E-state index contributed by atoms with van der Waals surface area (Å²) in [4.78, 5) is 0. The van der Waals surface area contributed by atoms with Crippen molar-refractivity contribution in [3.05, 3.63) is 29.6 Å². The van der Waals surface area contributed by atoms with Crippen molar-refractivity contribution in [3.63, 3.8) is 0 Å². The Hall–Kier alpha value is -0.740. The average molecular weight is 283 g/mol. The summed E-state index contributed by atoms with van der Waals surface area (Å²) >= 11 is 2.02. The van der Waals surface area contributed by atoms with Crippen LogP contribution in [-0.2, 0) is 6.42 Å². The first-order chi connectivity index (χ1) is 9.24. The third kappa shape index (κ3) is 3.86. The van der Waals surface area contributed by atoms with Crippen LogP contribution in [0.5, 0.6) is 5.75 Å². The second kappa shape index (κ2) is 7.15. The fraction of sp³-hybridized carbons (Fsp3) is 0.600. The minimum atomic E-state index is -0.268. The summed E-state index contributed by atoms with van der Waals surface area (Å²) < 4.78 is 18.7. The lowest BCUT2D eigenvalue weighted by Crippen LogP contribution is -2.38. The van der Waals surface area contributed by atoms with Crippen LogP contribution in [0.25, 0.3) is 0 Å². The monoisotopic (exact) mass is 283 g/mol. The quantitative estimate of drug-likeness (QED) is 0.867. The van der Waals surface area contributed by atoms with Crippen LogP contribution in [0.3, 0.4) is 0 Å². The fourth-order valence-electron chi connectivity index (χ4n) is 2.63. The highest BCUT2D eigenvalue weighted by molar-refractivity contribution is 7.99. The van der Waals surface area contributed by atoms with Crippen molar-refractivity contribution in [3.8, 4) is 5.75 Å². The highest BCUT2D eigenvalue weighted by atomic mass is 32.2. The molecular weight excluding hydrogens is 261 g/mol. The Morgan fingerprint density at radius 2 is 2.37 bits per heavy atom. The van der Waals surface area contributed by atoms with E-state index in [-0.39, 0.29) is 5.82 Å². The van der Waals surface area contributed by atoms with E-state index >= 15 is 0 Å². The summed E-state index contributed by atoms with van der Waals surface area (Å²) in [6.07, 6.45) is 2.15. The standard InChI is InChI=1S/C15H22FNOS/c1-3-17-14(12-6-7-19-10-12)9-11-4-5-15(18-2)13(16)8-11/h4-5,8,12,14,17H,3,6-7,9-10H2,1-2H3. The molecule has 1 aromatic rings. The van der Waals surface area contributed by atoms with E-state index in [1.807, 2.05) is 17.8 Å². The molecule has 0 aliphatic carbocycles. The minimum absolute atomic E-state index is 0.268. The molecule has 0 bridgehead atoms. The summed E-state index contributed by atoms with van der Waals surface area (Å²) in [5.74, 6) is 3.23. The number of halogens is 1. The maximum absolute atomic E-state index is 13.7. The largest absolute Gasteiger partial charge is 0.494 e. The van der Waals surface area contributed by atoms with Crippen LogP contribution in [0.15, 0.2) is 18.2 Å². The van der Waals surface area contributed by atoms with Crippen molar-refractivity contribution in [1.82, 2.24) is 5.32 Å². The summed E-state index contributed by atoms with van der Waals surface area (Å²) in [5.41, 5.74) is 1.04. The fourth-order valence-corrected chi connectivity index (χ4v) is 3.97. The summed E-state index contributed by atoms with van der Waals surface area (Å²) in [7, 11) is 1.50. The van der Waals surface area contributed by atoms with Crippen molar-refractivity contribution < 1.29 is 9.13 Å². The molecule has 2 rings (SSSR count). The van der Waals surface area contributed by atoms with Gasteiger partial charge in [0.05, 0.1) is 7.11 Å². The van der Waals surface area contributed by atoms with E-state index < -0.39 is 0 Å². The van der Waals surface area contributed by atoms with Gasteiger partial charge in [0, 0.05) is 6.04 Å². The minimum Gasteiger partial charge on any atom is -0.494 e. The van der Waals surface area contributed by atoms with Crippen LogP contribution < -0.4 is 10.1 Å². The van der Waals surface area contributed by atoms with Gasteiger partial charge < -0.3 is 10.1 Å². The molecule has 0 amide bonds. The Morgan fingerprint density at radius 1 is 1.53 bits per heavy atom. The van der Waals surface area contributed by atoms with Gasteiger partial charge in [0.2, 0.25) is 0 Å². The molecule has 1 fully saturated rings. The third-order valence-electron chi connectivity index (χ3n) is 3.67. The molecule has 1 aliphatic rings. The molecular formula is C15H22FNOS. The molecule has 1 aromatic carbocycles. The molecule has 0 saturated carbocycles. The summed E-state index contributed by atoms with van der Waals surface area (Å²) in [5, 5.41) is 3.55. The van der Waals surface area contributed by atoms with Gasteiger partial charge in [-0.3, -0.25) is 0 Å². The van der Waals surface area contributed by atoms with Gasteiger partial charge in [0.15, 0.2) is 11.6 Å². The van der Waals surface area contributed by atoms with Crippen LogP contribution >= 0.6 is 11.8 Å². The number of ether oxygens (including phenoxy) is 1. The van der Waals surface area contributed by atoms with Crippen LogP contribution in [0.1, 0.15) is 18.9 Å². The zero-order valence-corrected chi connectivity index (χ0v) is 12.4. The molecule has 2 atom stereocenters. The van der Waals surface area contributed by atoms with Gasteiger partial charge in [0.25, 0.3) is 0 Å². The van der Waals surface area contributed by atoms with Gasteiger partial charge in [-0.25, -0.2) is 4.39 Å². The van der Waals surface area contributed by atoms with Crippen molar-refractivity contribution in [2.24, 2.45) is 5.92 Å². The topological polar surface area (TPSA) is 21.3 Å². The van der Waals surface area contributed by atoms with Crippen molar-refractivity contribution in [2.45, 2.75) is 25.8 Å². The Labute approximate surface area is 119 Å². The molecule has 0 radical (unpaired) electrons. The molecule has 2 nitrogen and oxygen atoms in total. The summed E-state index contributed by atoms with van der Waals surface area (Å²) in [6.45, 7) is 3.09. The molecule has 1 N–H and O–H groups in total. The Kier molecular flexibility index (Phi) is 5.52. The molecule has 4 heteroatoms. The normalized spacial score (nSPS) is 20.5. The van der Waals surface area contributed by atoms with Crippen molar-refractivity contribution in [2.75, 3.05) is 25.2 Å². The highest BCUT2D eigenvalue weighted by Gasteiger charge is 2.25. The van der Waals surface area contributed by atoms with Crippen LogP contribution in [0, 0.1) is 11.7 Å². The van der Waals surface area contributed by atoms with E-state index in [4.69, 9.17) is 4.74 Å². The average Bonchev–Trinajstić information content (AvgIpc) is 2.92. The van der Waals surface area contributed by atoms with E-state index in [1.54, 1.807) is 12.1 Å². The van der Waals surface area contributed by atoms with Crippen LogP contribution in [0.4, 0.5) is 4.39 Å². The van der Waals surface area contributed by atoms with E-state index in [9.17, 15) is 4.39 Å². The van der Waals surface area contributed by atoms with Gasteiger partial charge >= 0.3 is 0 Å². The maximum Gasteiger partial charge on any atom is 0.165 e. The second-order valence-electron chi connectivity index (χ2n) is 4.96. The Bertz CT molecular complexity index is 407. The lowest BCUT2D eigenvalue weighted by molar-refractivity contribution is 0.379. The first-order valence-electron chi connectivity index (χ1n) is 6.88. The third-order valence-corrected chi connectivity index (χ3v) is 4.86. The van der Waals surface area contributed by atoms with Gasteiger partial charge in [0.1, 0.15) is 0 Å². The van der Waals surface area contributed by atoms with E-state index in [1.165, 1.54) is 25.0 Å². The van der Waals surface area contributed by atoms with Gasteiger partial charge in [-0.05, 0) is 54.5 Å². The second-order valence-corrected chi connectivity index (χ2v) is 6.11. The Balaban J connectivity index is 2.05. The lowest BCUT2D eigenvalue weighted by Gasteiger charge is -2.24. The molecule has 1 heterocycles. The number of nitrogens with one attached hydrogen (secondary N) is 1. The Morgan fingerprint density at radius 3 is 2.95 bits per heavy atom. The molecule has 1 aliphatic heterocycles. The predicted octanol–water partition coefficient (Wildman–Crippen LogP) is 3.11. The molecule has 1 saturated heterocycles. The zero-order chi connectivity index (χ0) is 13.7. The number of benzene rings is 1. The number of hydrogen-bond donors (Lipinski definition) is 1. The zero-order valence-electron chi connectivity index (χ0n) is 11.6. The highest BCUT2D eigenvalue weighted by Crippen LogP contribution is 2.28. The smallest absolute Gasteiger partial charge is 0.165 e. The molecule has 0 aromatic heterocycles. The molecule has 0 spiro atoms. The predicted molar refractivity (Wildman–Crippen MR) is 79.6 cm³/mol. The van der Waals surface area contributed by atoms with Gasteiger partial charge in [-0.1, -0.05) is 13.0 Å². The van der Waals surface area contributed by atoms with E-state index in [0.717, 1.165) is 18.5 Å². The lowest BCUT2D eigenvalue weighted by atomic mass is 9.93. The SMILES string of the molecule is CCNC(Cc1ccc(OC)c(F)c1)C1CCSC1. The van der Waals surface area contributed by atoms with Crippen LogP contribution in [0.2, 0.25) is 0 Å². The number of hydrogen-bond acceptors (Lipinski definition) is 3. The first-order valence-corrected chi connectivity index (χ1v) is 8.03. The number of likely N-dealkylation sites (N-methyl/N-ethyl adjacent to an activating group) is 1. The molecule has 106 valence electrons. The van der Waals surface area contributed by atoms with Crippen molar-refractivity contribution in [1.29, 1.82) is 0 Å². The first kappa shape index (κ1) is 14.7. The number of rotatable bonds is 6. The van der Waals surface area contributed by atoms with E-state index in [2.05, 4.69) is 12.2 Å².